The second kappa shape index (κ2) is 5.61. The predicted molar refractivity (Wildman–Crippen MR) is 74.5 cm³/mol. The van der Waals surface area contributed by atoms with Gasteiger partial charge in [-0.25, -0.2) is 0 Å². The number of phenolic OH excluding ortho intramolecular Hbond substituents is 1. The molecule has 104 valence electrons. The lowest BCUT2D eigenvalue weighted by atomic mass is 9.66. The molecule has 0 bridgehead atoms. The molecule has 2 rings (SSSR count). The molecular weight excluding hydrogens is 240 g/mol. The van der Waals surface area contributed by atoms with Crippen molar-refractivity contribution in [2.75, 3.05) is 13.6 Å². The van der Waals surface area contributed by atoms with Gasteiger partial charge in [0.2, 0.25) is 5.91 Å². The Morgan fingerprint density at radius 3 is 2.63 bits per heavy atom. The molecule has 1 saturated carbocycles. The van der Waals surface area contributed by atoms with Gasteiger partial charge in [0.05, 0.1) is 0 Å². The molecule has 0 saturated heterocycles. The summed E-state index contributed by atoms with van der Waals surface area (Å²) < 4.78 is 0. The number of benzene rings is 1. The Kier molecular flexibility index (Phi) is 4.10. The van der Waals surface area contributed by atoms with Gasteiger partial charge < -0.3 is 15.7 Å². The second-order valence-corrected chi connectivity index (χ2v) is 5.61. The highest BCUT2D eigenvalue weighted by molar-refractivity contribution is 5.77. The van der Waals surface area contributed by atoms with E-state index in [0.29, 0.717) is 19.5 Å². The molecule has 0 unspecified atom stereocenters. The Hall–Kier alpha value is -1.55. The van der Waals surface area contributed by atoms with Crippen molar-refractivity contribution < 1.29 is 9.90 Å². The van der Waals surface area contributed by atoms with Gasteiger partial charge >= 0.3 is 0 Å². The number of nitrogens with two attached hydrogens (primary N) is 1. The molecule has 0 atom stereocenters. The standard InChI is InChI=1S/C15H22N2O2/c1-17(10-12-5-2-3-6-13(12)18)14(19)9-15(11-16)7-4-8-15/h2-3,5-6,18H,4,7-11,16H2,1H3. The number of phenols is 1. The van der Waals surface area contributed by atoms with E-state index >= 15 is 0 Å². The van der Waals surface area contributed by atoms with Crippen molar-refractivity contribution in [1.29, 1.82) is 0 Å². The molecule has 0 spiro atoms. The number of hydrogen-bond donors (Lipinski definition) is 2. The molecular formula is C15H22N2O2. The molecule has 1 aliphatic carbocycles. The summed E-state index contributed by atoms with van der Waals surface area (Å²) in [7, 11) is 1.78. The van der Waals surface area contributed by atoms with Gasteiger partial charge in [-0.05, 0) is 30.9 Å². The van der Waals surface area contributed by atoms with Gasteiger partial charge in [-0.15, -0.1) is 0 Å². The number of hydrogen-bond acceptors (Lipinski definition) is 3. The van der Waals surface area contributed by atoms with E-state index in [1.54, 1.807) is 24.1 Å². The molecule has 1 aromatic rings. The van der Waals surface area contributed by atoms with Crippen molar-refractivity contribution in [3.05, 3.63) is 29.8 Å². The average Bonchev–Trinajstić information content (AvgIpc) is 2.36. The molecule has 1 fully saturated rings. The van der Waals surface area contributed by atoms with E-state index in [1.807, 2.05) is 12.1 Å². The lowest BCUT2D eigenvalue weighted by Gasteiger charge is -2.41. The number of para-hydroxylation sites is 1. The van der Waals surface area contributed by atoms with Crippen molar-refractivity contribution in [1.82, 2.24) is 4.90 Å². The molecule has 0 aromatic heterocycles. The van der Waals surface area contributed by atoms with Crippen LogP contribution in [0.1, 0.15) is 31.2 Å². The first kappa shape index (κ1) is 13.9. The molecule has 0 radical (unpaired) electrons. The summed E-state index contributed by atoms with van der Waals surface area (Å²) in [5.41, 5.74) is 6.59. The fraction of sp³-hybridized carbons (Fsp3) is 0.533. The van der Waals surface area contributed by atoms with Crippen LogP contribution in [0.15, 0.2) is 24.3 Å². The van der Waals surface area contributed by atoms with Crippen LogP contribution in [0.2, 0.25) is 0 Å². The Labute approximate surface area is 114 Å². The maximum atomic E-state index is 12.2. The van der Waals surface area contributed by atoms with Crippen molar-refractivity contribution in [3.8, 4) is 5.75 Å². The summed E-state index contributed by atoms with van der Waals surface area (Å²) in [5, 5.41) is 9.72. The highest BCUT2D eigenvalue weighted by Crippen LogP contribution is 2.43. The van der Waals surface area contributed by atoms with Gasteiger partial charge in [-0.2, -0.15) is 0 Å². The molecule has 0 heterocycles. The summed E-state index contributed by atoms with van der Waals surface area (Å²) in [6, 6.07) is 7.11. The average molecular weight is 262 g/mol. The Bertz CT molecular complexity index is 450. The van der Waals surface area contributed by atoms with Crippen LogP contribution < -0.4 is 5.73 Å². The first-order chi connectivity index (χ1) is 9.06. The maximum absolute atomic E-state index is 12.2. The Morgan fingerprint density at radius 1 is 1.42 bits per heavy atom. The van der Waals surface area contributed by atoms with Gasteiger partial charge in [0.25, 0.3) is 0 Å². The van der Waals surface area contributed by atoms with Crippen LogP contribution in [0.3, 0.4) is 0 Å². The van der Waals surface area contributed by atoms with Gasteiger partial charge in [0.15, 0.2) is 0 Å². The molecule has 1 aliphatic rings. The largest absolute Gasteiger partial charge is 0.508 e. The van der Waals surface area contributed by atoms with Crippen molar-refractivity contribution in [2.24, 2.45) is 11.1 Å². The van der Waals surface area contributed by atoms with Crippen LogP contribution in [0.4, 0.5) is 0 Å². The predicted octanol–water partition coefficient (Wildman–Crippen LogP) is 1.87. The SMILES string of the molecule is CN(Cc1ccccc1O)C(=O)CC1(CN)CCC1. The number of rotatable bonds is 5. The number of carbonyl (C=O) groups excluding carboxylic acids is 1. The van der Waals surface area contributed by atoms with E-state index in [4.69, 9.17) is 5.73 Å². The third kappa shape index (κ3) is 3.07. The van der Waals surface area contributed by atoms with Crippen molar-refractivity contribution >= 4 is 5.91 Å². The first-order valence-corrected chi connectivity index (χ1v) is 6.77. The molecule has 1 amide bonds. The zero-order valence-corrected chi connectivity index (χ0v) is 11.4. The lowest BCUT2D eigenvalue weighted by molar-refractivity contribution is -0.134. The topological polar surface area (TPSA) is 66.6 Å². The van der Waals surface area contributed by atoms with Crippen LogP contribution in [-0.4, -0.2) is 29.5 Å². The summed E-state index contributed by atoms with van der Waals surface area (Å²) in [6.07, 6.45) is 3.81. The van der Waals surface area contributed by atoms with Gasteiger partial charge in [0.1, 0.15) is 5.75 Å². The lowest BCUT2D eigenvalue weighted by Crippen LogP contribution is -2.42. The third-order valence-electron chi connectivity index (χ3n) is 4.20. The van der Waals surface area contributed by atoms with E-state index in [9.17, 15) is 9.90 Å². The summed E-state index contributed by atoms with van der Waals surface area (Å²) in [4.78, 5) is 13.9. The van der Waals surface area contributed by atoms with E-state index in [1.165, 1.54) is 6.42 Å². The van der Waals surface area contributed by atoms with Crippen molar-refractivity contribution in [2.45, 2.75) is 32.2 Å². The van der Waals surface area contributed by atoms with E-state index < -0.39 is 0 Å². The molecule has 4 nitrogen and oxygen atoms in total. The Morgan fingerprint density at radius 2 is 2.11 bits per heavy atom. The number of aromatic hydroxyl groups is 1. The summed E-state index contributed by atoms with van der Waals surface area (Å²) in [5.74, 6) is 0.340. The van der Waals surface area contributed by atoms with E-state index in [2.05, 4.69) is 0 Å². The van der Waals surface area contributed by atoms with Crippen LogP contribution >= 0.6 is 0 Å². The Balaban J connectivity index is 1.94. The zero-order valence-electron chi connectivity index (χ0n) is 11.4. The third-order valence-corrected chi connectivity index (χ3v) is 4.20. The number of carbonyl (C=O) groups is 1. The van der Waals surface area contributed by atoms with Crippen LogP contribution in [0.25, 0.3) is 0 Å². The normalized spacial score (nSPS) is 16.7. The van der Waals surface area contributed by atoms with E-state index in [0.717, 1.165) is 18.4 Å². The quantitative estimate of drug-likeness (QED) is 0.851. The van der Waals surface area contributed by atoms with Crippen LogP contribution in [0.5, 0.6) is 5.75 Å². The minimum atomic E-state index is 0.0318. The van der Waals surface area contributed by atoms with Crippen LogP contribution in [-0.2, 0) is 11.3 Å². The minimum Gasteiger partial charge on any atom is -0.508 e. The first-order valence-electron chi connectivity index (χ1n) is 6.77. The highest BCUT2D eigenvalue weighted by atomic mass is 16.3. The van der Waals surface area contributed by atoms with Gasteiger partial charge in [-0.3, -0.25) is 4.79 Å². The fourth-order valence-corrected chi connectivity index (χ4v) is 2.57. The van der Waals surface area contributed by atoms with Gasteiger partial charge in [0, 0.05) is 25.6 Å². The second-order valence-electron chi connectivity index (χ2n) is 5.61. The molecule has 19 heavy (non-hydrogen) atoms. The zero-order chi connectivity index (χ0) is 13.9. The fourth-order valence-electron chi connectivity index (χ4n) is 2.57. The highest BCUT2D eigenvalue weighted by Gasteiger charge is 2.38. The minimum absolute atomic E-state index is 0.0318. The molecule has 4 heteroatoms. The summed E-state index contributed by atoms with van der Waals surface area (Å²) >= 11 is 0. The maximum Gasteiger partial charge on any atom is 0.223 e. The van der Waals surface area contributed by atoms with Gasteiger partial charge in [-0.1, -0.05) is 24.6 Å². The molecule has 3 N–H and O–H groups in total. The summed E-state index contributed by atoms with van der Waals surface area (Å²) in [6.45, 7) is 1.02. The number of nitrogens with zero attached hydrogens (tertiary/aromatic N) is 1. The van der Waals surface area contributed by atoms with Crippen molar-refractivity contribution in [3.63, 3.8) is 0 Å². The number of amides is 1. The molecule has 1 aromatic carbocycles. The smallest absolute Gasteiger partial charge is 0.223 e. The van der Waals surface area contributed by atoms with E-state index in [-0.39, 0.29) is 17.1 Å². The molecule has 0 aliphatic heterocycles. The van der Waals surface area contributed by atoms with Crippen LogP contribution in [0, 0.1) is 5.41 Å². The monoisotopic (exact) mass is 262 g/mol.